The van der Waals surface area contributed by atoms with Crippen molar-refractivity contribution in [2.45, 2.75) is 18.4 Å². The van der Waals surface area contributed by atoms with Crippen molar-refractivity contribution in [1.29, 1.82) is 0 Å². The van der Waals surface area contributed by atoms with Crippen molar-refractivity contribution in [2.24, 2.45) is 11.7 Å². The molecule has 23 heavy (non-hydrogen) atoms. The highest BCUT2D eigenvalue weighted by molar-refractivity contribution is 9.10. The van der Waals surface area contributed by atoms with Crippen LogP contribution >= 0.6 is 15.9 Å². The number of amides is 1. The minimum absolute atomic E-state index is 0.273. The fraction of sp³-hybridized carbons (Fsp3) is 0.211. The number of rotatable bonds is 2. The maximum atomic E-state index is 11.5. The molecule has 0 saturated heterocycles. The first-order chi connectivity index (χ1) is 11.1. The fourth-order valence-corrected chi connectivity index (χ4v) is 4.01. The molecule has 1 heterocycles. The molecular weight excluding hydrogens is 352 g/mol. The van der Waals surface area contributed by atoms with E-state index in [2.05, 4.69) is 57.7 Å². The second-order valence-corrected chi connectivity index (χ2v) is 7.11. The molecule has 3 N–H and O–H groups in total. The van der Waals surface area contributed by atoms with E-state index in [0.717, 1.165) is 16.6 Å². The summed E-state index contributed by atoms with van der Waals surface area (Å²) < 4.78 is 1.09. The third-order valence-electron chi connectivity index (χ3n) is 4.88. The van der Waals surface area contributed by atoms with E-state index in [1.165, 1.54) is 11.1 Å². The van der Waals surface area contributed by atoms with Gasteiger partial charge in [-0.1, -0.05) is 40.2 Å². The number of fused-ring (bicyclic) bond motifs is 3. The standard InChI is InChI=1S/C19H17BrN2O/c20-13-7-4-11(5-8-13)18-15-3-1-2-14(15)16-10-12(19(21)23)6-9-17(16)22-18/h1-2,4-10,14-15,18,22H,3H2,(H2,21,23). The van der Waals surface area contributed by atoms with Crippen molar-refractivity contribution < 1.29 is 4.79 Å². The third kappa shape index (κ3) is 2.47. The van der Waals surface area contributed by atoms with E-state index < -0.39 is 0 Å². The second kappa shape index (κ2) is 5.53. The monoisotopic (exact) mass is 368 g/mol. The summed E-state index contributed by atoms with van der Waals surface area (Å²) in [4.78, 5) is 11.5. The van der Waals surface area contributed by atoms with Crippen molar-refractivity contribution in [1.82, 2.24) is 0 Å². The van der Waals surface area contributed by atoms with Gasteiger partial charge in [-0.25, -0.2) is 0 Å². The minimum atomic E-state index is -0.374. The van der Waals surface area contributed by atoms with Crippen LogP contribution in [0.2, 0.25) is 0 Å². The number of carbonyl (C=O) groups is 1. The number of anilines is 1. The number of nitrogens with one attached hydrogen (secondary N) is 1. The molecule has 1 aliphatic carbocycles. The molecule has 2 aliphatic rings. The van der Waals surface area contributed by atoms with Gasteiger partial charge in [-0.3, -0.25) is 4.79 Å². The van der Waals surface area contributed by atoms with Crippen LogP contribution in [0.1, 0.15) is 39.9 Å². The van der Waals surface area contributed by atoms with Gasteiger partial charge in [0.2, 0.25) is 5.91 Å². The quantitative estimate of drug-likeness (QED) is 0.773. The zero-order chi connectivity index (χ0) is 16.0. The summed E-state index contributed by atoms with van der Waals surface area (Å²) in [5.41, 5.74) is 9.57. The molecule has 0 spiro atoms. The Hall–Kier alpha value is -2.07. The van der Waals surface area contributed by atoms with Crippen molar-refractivity contribution in [3.8, 4) is 0 Å². The minimum Gasteiger partial charge on any atom is -0.378 e. The van der Waals surface area contributed by atoms with E-state index in [0.29, 0.717) is 17.4 Å². The molecule has 0 fully saturated rings. The summed E-state index contributed by atoms with van der Waals surface area (Å²) in [6, 6.07) is 14.5. The lowest BCUT2D eigenvalue weighted by atomic mass is 9.76. The third-order valence-corrected chi connectivity index (χ3v) is 5.41. The van der Waals surface area contributed by atoms with Crippen LogP contribution in [0.4, 0.5) is 5.69 Å². The Kier molecular flexibility index (Phi) is 3.49. The number of primary amides is 1. The molecular formula is C19H17BrN2O. The number of nitrogens with two attached hydrogens (primary N) is 1. The zero-order valence-electron chi connectivity index (χ0n) is 12.5. The number of carbonyl (C=O) groups excluding carboxylic acids is 1. The van der Waals surface area contributed by atoms with E-state index in [4.69, 9.17) is 5.73 Å². The zero-order valence-corrected chi connectivity index (χ0v) is 14.1. The lowest BCUT2D eigenvalue weighted by molar-refractivity contribution is 0.1000. The number of hydrogen-bond donors (Lipinski definition) is 2. The number of allylic oxidation sites excluding steroid dienone is 2. The molecule has 3 unspecified atom stereocenters. The highest BCUT2D eigenvalue weighted by Crippen LogP contribution is 2.49. The number of halogens is 1. The van der Waals surface area contributed by atoms with Crippen molar-refractivity contribution in [2.75, 3.05) is 5.32 Å². The van der Waals surface area contributed by atoms with Gasteiger partial charge >= 0.3 is 0 Å². The molecule has 2 aromatic rings. The van der Waals surface area contributed by atoms with Crippen molar-refractivity contribution in [3.05, 3.63) is 75.8 Å². The van der Waals surface area contributed by atoms with Crippen LogP contribution < -0.4 is 11.1 Å². The Balaban J connectivity index is 1.77. The molecule has 3 atom stereocenters. The SMILES string of the molecule is NC(=O)c1ccc2c(c1)C1C=CCC1C(c1ccc(Br)cc1)N2. The van der Waals surface area contributed by atoms with E-state index in [1.807, 2.05) is 12.1 Å². The summed E-state index contributed by atoms with van der Waals surface area (Å²) >= 11 is 3.50. The lowest BCUT2D eigenvalue weighted by Crippen LogP contribution is -2.29. The second-order valence-electron chi connectivity index (χ2n) is 6.19. The lowest BCUT2D eigenvalue weighted by Gasteiger charge is -2.37. The average Bonchev–Trinajstić information content (AvgIpc) is 3.04. The van der Waals surface area contributed by atoms with Crippen LogP contribution in [-0.2, 0) is 0 Å². The summed E-state index contributed by atoms with van der Waals surface area (Å²) in [6.45, 7) is 0. The number of benzene rings is 2. The maximum Gasteiger partial charge on any atom is 0.248 e. The molecule has 0 radical (unpaired) electrons. The van der Waals surface area contributed by atoms with E-state index in [9.17, 15) is 4.79 Å². The summed E-state index contributed by atoms with van der Waals surface area (Å²) in [6.07, 6.45) is 5.55. The molecule has 3 nitrogen and oxygen atoms in total. The highest BCUT2D eigenvalue weighted by atomic mass is 79.9. The average molecular weight is 369 g/mol. The molecule has 0 aromatic heterocycles. The first kappa shape index (κ1) is 14.5. The Morgan fingerprint density at radius 2 is 1.96 bits per heavy atom. The normalized spacial score (nSPS) is 24.7. The first-order valence-electron chi connectivity index (χ1n) is 7.76. The largest absolute Gasteiger partial charge is 0.378 e. The van der Waals surface area contributed by atoms with Crippen LogP contribution in [0, 0.1) is 5.92 Å². The van der Waals surface area contributed by atoms with Gasteiger partial charge in [-0.15, -0.1) is 0 Å². The van der Waals surface area contributed by atoms with Crippen molar-refractivity contribution >= 4 is 27.5 Å². The molecule has 0 bridgehead atoms. The topological polar surface area (TPSA) is 55.1 Å². The Bertz CT molecular complexity index is 798. The molecule has 1 amide bonds. The molecule has 4 rings (SSSR count). The van der Waals surface area contributed by atoms with Crippen molar-refractivity contribution in [3.63, 3.8) is 0 Å². The molecule has 4 heteroatoms. The Labute approximate surface area is 143 Å². The predicted molar refractivity (Wildman–Crippen MR) is 95.5 cm³/mol. The molecule has 1 aliphatic heterocycles. The highest BCUT2D eigenvalue weighted by Gasteiger charge is 2.37. The smallest absolute Gasteiger partial charge is 0.248 e. The van der Waals surface area contributed by atoms with Gasteiger partial charge in [0, 0.05) is 21.6 Å². The first-order valence-corrected chi connectivity index (χ1v) is 8.55. The Morgan fingerprint density at radius 1 is 1.17 bits per heavy atom. The fourth-order valence-electron chi connectivity index (χ4n) is 3.75. The molecule has 2 aromatic carbocycles. The summed E-state index contributed by atoms with van der Waals surface area (Å²) in [7, 11) is 0. The summed E-state index contributed by atoms with van der Waals surface area (Å²) in [5.74, 6) is 0.423. The number of hydrogen-bond acceptors (Lipinski definition) is 2. The van der Waals surface area contributed by atoms with E-state index in [-0.39, 0.29) is 11.9 Å². The van der Waals surface area contributed by atoms with Gasteiger partial charge in [0.1, 0.15) is 0 Å². The van der Waals surface area contributed by atoms with Gasteiger partial charge in [0.05, 0.1) is 6.04 Å². The maximum absolute atomic E-state index is 11.5. The van der Waals surface area contributed by atoms with E-state index >= 15 is 0 Å². The van der Waals surface area contributed by atoms with Crippen LogP contribution in [0.25, 0.3) is 0 Å². The summed E-state index contributed by atoms with van der Waals surface area (Å²) in [5, 5.41) is 3.66. The van der Waals surface area contributed by atoms with Crippen LogP contribution in [0.15, 0.2) is 59.1 Å². The van der Waals surface area contributed by atoms with Crippen LogP contribution in [0.3, 0.4) is 0 Å². The van der Waals surface area contributed by atoms with E-state index in [1.54, 1.807) is 6.07 Å². The van der Waals surface area contributed by atoms with Gasteiger partial charge < -0.3 is 11.1 Å². The van der Waals surface area contributed by atoms with Crippen LogP contribution in [0.5, 0.6) is 0 Å². The van der Waals surface area contributed by atoms with Crippen LogP contribution in [-0.4, -0.2) is 5.91 Å². The van der Waals surface area contributed by atoms with Gasteiger partial charge in [0.15, 0.2) is 0 Å². The van der Waals surface area contributed by atoms with Gasteiger partial charge in [-0.2, -0.15) is 0 Å². The van der Waals surface area contributed by atoms with Gasteiger partial charge in [-0.05, 0) is 53.8 Å². The Morgan fingerprint density at radius 3 is 2.70 bits per heavy atom. The molecule has 116 valence electrons. The predicted octanol–water partition coefficient (Wildman–Crippen LogP) is 4.37. The molecule has 0 saturated carbocycles. The van der Waals surface area contributed by atoms with Gasteiger partial charge in [0.25, 0.3) is 0 Å².